The van der Waals surface area contributed by atoms with Gasteiger partial charge < -0.3 is 4.99 Å². The molecule has 0 aliphatic heterocycles. The second-order valence-electron chi connectivity index (χ2n) is 4.37. The second kappa shape index (κ2) is 6.00. The van der Waals surface area contributed by atoms with Crippen LogP contribution in [0.4, 0.5) is 0 Å². The first kappa shape index (κ1) is 14.3. The predicted octanol–water partition coefficient (Wildman–Crippen LogP) is 0.102. The summed E-state index contributed by atoms with van der Waals surface area (Å²) in [6.07, 6.45) is 3.54. The van der Waals surface area contributed by atoms with E-state index in [1.807, 2.05) is 18.7 Å². The third-order valence-corrected chi connectivity index (χ3v) is 2.20. The molecule has 0 atom stereocenters. The third kappa shape index (κ3) is 5.06. The Kier molecular flexibility index (Phi) is 5.71. The van der Waals surface area contributed by atoms with Gasteiger partial charge in [0, 0.05) is 0 Å². The quantitative estimate of drug-likeness (QED) is 0.374. The molecule has 0 aliphatic rings. The molecule has 15 heavy (non-hydrogen) atoms. The van der Waals surface area contributed by atoms with Crippen molar-refractivity contribution >= 4 is 5.71 Å². The van der Waals surface area contributed by atoms with Crippen molar-refractivity contribution in [3.63, 3.8) is 0 Å². The van der Waals surface area contributed by atoms with Crippen molar-refractivity contribution in [3.8, 4) is 0 Å². The molecule has 3 heteroatoms. The summed E-state index contributed by atoms with van der Waals surface area (Å²) in [5.41, 5.74) is 2.36. The third-order valence-electron chi connectivity index (χ3n) is 2.20. The van der Waals surface area contributed by atoms with E-state index >= 15 is 0 Å². The zero-order chi connectivity index (χ0) is 10.6. The van der Waals surface area contributed by atoms with Gasteiger partial charge in [-0.3, -0.25) is 4.98 Å². The van der Waals surface area contributed by atoms with Crippen molar-refractivity contribution in [2.75, 3.05) is 0 Å². The largest absolute Gasteiger partial charge is 1.00 e. The van der Waals surface area contributed by atoms with Crippen molar-refractivity contribution in [3.05, 3.63) is 36.6 Å². The van der Waals surface area contributed by atoms with Crippen LogP contribution in [0.2, 0.25) is 0 Å². The number of aliphatic imine (C=N–C) groups is 1. The van der Waals surface area contributed by atoms with Crippen LogP contribution in [0.25, 0.3) is 0 Å². The minimum atomic E-state index is 0. The van der Waals surface area contributed by atoms with Crippen molar-refractivity contribution in [2.24, 2.45) is 10.4 Å². The molecular formula is C12H17LiN2. The summed E-state index contributed by atoms with van der Waals surface area (Å²) >= 11 is 0. The molecule has 0 bridgehead atoms. The summed E-state index contributed by atoms with van der Waals surface area (Å²) < 4.78 is 0. The molecule has 0 fully saturated rings. The van der Waals surface area contributed by atoms with E-state index < -0.39 is 0 Å². The molecule has 1 heterocycles. The van der Waals surface area contributed by atoms with Crippen molar-refractivity contribution in [1.82, 2.24) is 4.98 Å². The van der Waals surface area contributed by atoms with Crippen LogP contribution in [-0.2, 0) is 0 Å². The van der Waals surface area contributed by atoms with E-state index in [-0.39, 0.29) is 24.3 Å². The Morgan fingerprint density at radius 2 is 1.80 bits per heavy atom. The normalized spacial score (nSPS) is 11.9. The monoisotopic (exact) mass is 196 g/mol. The Balaban J connectivity index is 0.00000196. The summed E-state index contributed by atoms with van der Waals surface area (Å²) in [4.78, 5) is 8.38. The molecule has 1 aromatic heterocycles. The van der Waals surface area contributed by atoms with Gasteiger partial charge in [0.15, 0.2) is 0 Å². The van der Waals surface area contributed by atoms with E-state index in [9.17, 15) is 0 Å². The molecule has 0 saturated heterocycles. The first-order valence-electron chi connectivity index (χ1n) is 4.78. The van der Waals surface area contributed by atoms with Gasteiger partial charge in [-0.25, -0.2) is 0 Å². The average molecular weight is 196 g/mol. The van der Waals surface area contributed by atoms with Crippen LogP contribution < -0.4 is 18.9 Å². The Morgan fingerprint density at radius 1 is 1.27 bits per heavy atom. The van der Waals surface area contributed by atoms with Gasteiger partial charge in [-0.2, -0.15) is 0 Å². The molecular weight excluding hydrogens is 179 g/mol. The van der Waals surface area contributed by atoms with Gasteiger partial charge in [0.1, 0.15) is 0 Å². The maximum absolute atomic E-state index is 4.43. The zero-order valence-electron chi connectivity index (χ0n) is 10.3. The molecule has 0 radical (unpaired) electrons. The van der Waals surface area contributed by atoms with E-state index in [4.69, 9.17) is 0 Å². The van der Waals surface area contributed by atoms with Crippen LogP contribution in [0.1, 0.15) is 33.3 Å². The van der Waals surface area contributed by atoms with Crippen LogP contribution in [0.15, 0.2) is 29.5 Å². The average Bonchev–Trinajstić information content (AvgIpc) is 2.14. The van der Waals surface area contributed by atoms with E-state index in [0.717, 1.165) is 11.3 Å². The number of rotatable bonds is 2. The fraction of sp³-hybridized carbons (Fsp3) is 0.417. The summed E-state index contributed by atoms with van der Waals surface area (Å²) in [6, 6.07) is 3.89. The summed E-state index contributed by atoms with van der Waals surface area (Å²) in [6.45, 7) is 10.4. The molecule has 2 nitrogen and oxygen atoms in total. The van der Waals surface area contributed by atoms with Crippen LogP contribution in [0.3, 0.4) is 0 Å². The Bertz CT molecular complexity index is 312. The van der Waals surface area contributed by atoms with Crippen molar-refractivity contribution < 1.29 is 18.9 Å². The Morgan fingerprint density at radius 3 is 2.27 bits per heavy atom. The minimum Gasteiger partial charge on any atom is -0.360 e. The molecule has 0 amide bonds. The molecule has 0 spiro atoms. The minimum absolute atomic E-state index is 0. The van der Waals surface area contributed by atoms with Gasteiger partial charge in [-0.15, -0.1) is 17.7 Å². The maximum atomic E-state index is 4.43. The molecule has 0 aliphatic carbocycles. The zero-order valence-corrected chi connectivity index (χ0v) is 10.3. The standard InChI is InChI=1S/C12H17N2.Li/c1-10(12(2,3)4)14-9-11-5-7-13-8-6-11;/h5-9H,1-4H3;/q-1;+1. The smallest absolute Gasteiger partial charge is 0.360 e. The van der Waals surface area contributed by atoms with Crippen LogP contribution in [-0.4, -0.2) is 10.7 Å². The van der Waals surface area contributed by atoms with Gasteiger partial charge in [0.05, 0.1) is 0 Å². The Labute approximate surface area is 104 Å². The van der Waals surface area contributed by atoms with E-state index in [2.05, 4.69) is 37.7 Å². The molecule has 0 unspecified atom stereocenters. The first-order chi connectivity index (χ1) is 6.50. The Hall–Kier alpha value is -0.713. The van der Waals surface area contributed by atoms with Gasteiger partial charge in [-0.05, 0) is 17.8 Å². The van der Waals surface area contributed by atoms with Gasteiger partial charge in [0.2, 0.25) is 0 Å². The van der Waals surface area contributed by atoms with E-state index in [1.54, 1.807) is 12.4 Å². The molecule has 76 valence electrons. The van der Waals surface area contributed by atoms with Gasteiger partial charge in [-0.1, -0.05) is 40.0 Å². The molecule has 0 saturated carbocycles. The van der Waals surface area contributed by atoms with Crippen molar-refractivity contribution in [1.29, 1.82) is 0 Å². The number of hydrogen-bond donors (Lipinski definition) is 0. The summed E-state index contributed by atoms with van der Waals surface area (Å²) in [5.74, 6) is 0. The van der Waals surface area contributed by atoms with Crippen LogP contribution in [0.5, 0.6) is 0 Å². The summed E-state index contributed by atoms with van der Waals surface area (Å²) in [7, 11) is 0. The van der Waals surface area contributed by atoms with Crippen molar-refractivity contribution in [2.45, 2.75) is 27.7 Å². The first-order valence-corrected chi connectivity index (χ1v) is 4.78. The molecule has 1 rings (SSSR count). The number of aromatic nitrogens is 1. The maximum Gasteiger partial charge on any atom is 1.00 e. The SMILES string of the molecule is CC(=N[CH-]c1ccncc1)C(C)(C)C.[Li+]. The topological polar surface area (TPSA) is 25.2 Å². The number of nitrogens with zero attached hydrogens (tertiary/aromatic N) is 2. The number of hydrogen-bond acceptors (Lipinski definition) is 2. The fourth-order valence-electron chi connectivity index (χ4n) is 0.815. The van der Waals surface area contributed by atoms with Crippen LogP contribution >= 0.6 is 0 Å². The fourth-order valence-corrected chi connectivity index (χ4v) is 0.815. The molecule has 1 aromatic rings. The predicted molar refractivity (Wildman–Crippen MR) is 60.2 cm³/mol. The summed E-state index contributed by atoms with van der Waals surface area (Å²) in [5, 5.41) is 0. The van der Waals surface area contributed by atoms with Gasteiger partial charge in [0.25, 0.3) is 0 Å². The second-order valence-corrected chi connectivity index (χ2v) is 4.37. The van der Waals surface area contributed by atoms with Crippen LogP contribution in [0, 0.1) is 12.0 Å². The van der Waals surface area contributed by atoms with Gasteiger partial charge >= 0.3 is 18.9 Å². The number of pyridine rings is 1. The van der Waals surface area contributed by atoms with E-state index in [0.29, 0.717) is 0 Å². The molecule has 0 aromatic carbocycles. The van der Waals surface area contributed by atoms with E-state index in [1.165, 1.54) is 0 Å². The molecule has 0 N–H and O–H groups in total.